The highest BCUT2D eigenvalue weighted by atomic mass is 32.2. The zero-order valence-electron chi connectivity index (χ0n) is 16.1. The van der Waals surface area contributed by atoms with Gasteiger partial charge in [-0.3, -0.25) is 9.52 Å². The number of benzene rings is 1. The fourth-order valence-corrected chi connectivity index (χ4v) is 6.86. The number of aromatic nitrogens is 1. The monoisotopic (exact) mass is 407 g/mol. The highest BCUT2D eigenvalue weighted by Gasteiger charge is 2.51. The van der Waals surface area contributed by atoms with E-state index in [9.17, 15) is 13.2 Å². The Bertz CT molecular complexity index is 1030. The van der Waals surface area contributed by atoms with Gasteiger partial charge in [-0.2, -0.15) is 0 Å². The number of carbonyl (C=O) groups is 1. The molecule has 8 heteroatoms. The van der Waals surface area contributed by atoms with Gasteiger partial charge in [0.1, 0.15) is 0 Å². The summed E-state index contributed by atoms with van der Waals surface area (Å²) >= 11 is 1.24. The van der Waals surface area contributed by atoms with Crippen LogP contribution in [-0.2, 0) is 10.0 Å². The predicted octanol–water partition coefficient (Wildman–Crippen LogP) is 3.71. The Morgan fingerprint density at radius 2 is 2.04 bits per heavy atom. The first kappa shape index (κ1) is 18.7. The average molecular weight is 408 g/mol. The van der Waals surface area contributed by atoms with E-state index in [4.69, 9.17) is 0 Å². The molecule has 146 valence electrons. The molecule has 0 spiro atoms. The van der Waals surface area contributed by atoms with Crippen LogP contribution >= 0.6 is 11.3 Å². The number of nitrogens with zero attached hydrogens (tertiary/aromatic N) is 2. The molecule has 2 unspecified atom stereocenters. The molecule has 2 fully saturated rings. The molecule has 1 amide bonds. The quantitative estimate of drug-likeness (QED) is 0.841. The molecule has 1 aliphatic carbocycles. The van der Waals surface area contributed by atoms with E-state index in [-0.39, 0.29) is 16.7 Å². The minimum Gasteiger partial charge on any atom is -0.335 e. The molecular weight excluding hydrogens is 382 g/mol. The van der Waals surface area contributed by atoms with Crippen LogP contribution in [0, 0.1) is 10.8 Å². The van der Waals surface area contributed by atoms with Crippen molar-refractivity contribution in [2.75, 3.05) is 17.5 Å². The second-order valence-electron chi connectivity index (χ2n) is 9.22. The summed E-state index contributed by atoms with van der Waals surface area (Å²) in [5.41, 5.74) is 1.80. The largest absolute Gasteiger partial charge is 0.335 e. The molecule has 6 nitrogen and oxygen atoms in total. The highest BCUT2D eigenvalue weighted by molar-refractivity contribution is 7.92. The third kappa shape index (κ3) is 3.69. The van der Waals surface area contributed by atoms with Crippen LogP contribution in [0.3, 0.4) is 0 Å². The number of hydrogen-bond donors (Lipinski definition) is 1. The molecule has 1 aliphatic heterocycles. The molecule has 1 aromatic carbocycles. The van der Waals surface area contributed by atoms with Crippen molar-refractivity contribution in [3.63, 3.8) is 0 Å². The predicted molar refractivity (Wildman–Crippen MR) is 109 cm³/mol. The topological polar surface area (TPSA) is 79.4 Å². The number of nitrogens with one attached hydrogen (secondary N) is 1. The van der Waals surface area contributed by atoms with Crippen molar-refractivity contribution in [1.29, 1.82) is 0 Å². The van der Waals surface area contributed by atoms with Crippen LogP contribution in [-0.4, -0.2) is 43.1 Å². The van der Waals surface area contributed by atoms with Gasteiger partial charge in [0.2, 0.25) is 10.0 Å². The number of rotatable bonds is 3. The van der Waals surface area contributed by atoms with Gasteiger partial charge in [0.25, 0.3) is 5.91 Å². The van der Waals surface area contributed by atoms with Crippen molar-refractivity contribution in [2.45, 2.75) is 46.1 Å². The number of thiazole rings is 1. The summed E-state index contributed by atoms with van der Waals surface area (Å²) in [5.74, 6) is 0.0642. The maximum Gasteiger partial charge on any atom is 0.254 e. The number of carbonyl (C=O) groups excluding carboxylic acids is 1. The lowest BCUT2D eigenvalue weighted by atomic mass is 9.65. The van der Waals surface area contributed by atoms with Crippen LogP contribution in [0.5, 0.6) is 0 Å². The maximum absolute atomic E-state index is 13.2. The number of hydrogen-bond acceptors (Lipinski definition) is 5. The zero-order chi connectivity index (χ0) is 19.6. The van der Waals surface area contributed by atoms with Crippen molar-refractivity contribution < 1.29 is 13.2 Å². The van der Waals surface area contributed by atoms with Gasteiger partial charge < -0.3 is 4.90 Å². The Morgan fingerprint density at radius 1 is 1.30 bits per heavy atom. The molecule has 1 N–H and O–H groups in total. The Kier molecular flexibility index (Phi) is 4.09. The smallest absolute Gasteiger partial charge is 0.254 e. The summed E-state index contributed by atoms with van der Waals surface area (Å²) in [6.07, 6.45) is 4.36. The molecule has 2 aliphatic rings. The standard InChI is InChI=1S/C19H25N3O3S2/c1-18(2)8-13-9-19(3,10-18)11-22(13)16(23)12-5-6-14-15(7-12)26-17(20-14)21-27(4,24)25/h5-7,13H,8-11H2,1-4H3,(H,20,21). The highest BCUT2D eigenvalue weighted by Crippen LogP contribution is 2.52. The average Bonchev–Trinajstić information content (AvgIpc) is 2.99. The SMILES string of the molecule is CC1(C)CC2CC(C)(CN2C(=O)c2ccc3nc(NS(C)(=O)=O)sc3c2)C1. The van der Waals surface area contributed by atoms with Gasteiger partial charge in [-0.15, -0.1) is 0 Å². The first-order valence-electron chi connectivity index (χ1n) is 9.13. The lowest BCUT2D eigenvalue weighted by Gasteiger charge is -2.39. The molecule has 4 rings (SSSR count). The number of sulfonamides is 1. The molecule has 1 saturated heterocycles. The van der Waals surface area contributed by atoms with Crippen LogP contribution < -0.4 is 4.72 Å². The first-order chi connectivity index (χ1) is 12.4. The second-order valence-corrected chi connectivity index (χ2v) is 12.0. The molecule has 1 saturated carbocycles. The zero-order valence-corrected chi connectivity index (χ0v) is 17.7. The lowest BCUT2D eigenvalue weighted by Crippen LogP contribution is -2.37. The summed E-state index contributed by atoms with van der Waals surface area (Å²) in [6.45, 7) is 7.70. The van der Waals surface area contributed by atoms with Gasteiger partial charge in [-0.25, -0.2) is 13.4 Å². The summed E-state index contributed by atoms with van der Waals surface area (Å²) < 4.78 is 26.0. The van der Waals surface area contributed by atoms with E-state index in [1.807, 2.05) is 11.0 Å². The van der Waals surface area contributed by atoms with Crippen LogP contribution in [0.2, 0.25) is 0 Å². The van der Waals surface area contributed by atoms with Crippen LogP contribution in [0.1, 0.15) is 50.4 Å². The molecule has 0 radical (unpaired) electrons. The Labute approximate surface area is 164 Å². The Balaban J connectivity index is 1.62. The van der Waals surface area contributed by atoms with E-state index in [2.05, 4.69) is 30.5 Å². The minimum atomic E-state index is -3.37. The van der Waals surface area contributed by atoms with E-state index >= 15 is 0 Å². The van der Waals surface area contributed by atoms with E-state index in [0.29, 0.717) is 22.3 Å². The normalized spacial score (nSPS) is 27.1. The maximum atomic E-state index is 13.2. The second kappa shape index (κ2) is 5.91. The summed E-state index contributed by atoms with van der Waals surface area (Å²) in [7, 11) is -3.37. The van der Waals surface area contributed by atoms with E-state index < -0.39 is 10.0 Å². The third-order valence-corrected chi connectivity index (χ3v) is 7.21. The van der Waals surface area contributed by atoms with E-state index in [0.717, 1.165) is 36.8 Å². The summed E-state index contributed by atoms with van der Waals surface area (Å²) in [5, 5.41) is 0.323. The fourth-order valence-electron chi connectivity index (χ4n) is 5.12. The number of likely N-dealkylation sites (tertiary alicyclic amines) is 1. The molecule has 2 heterocycles. The third-order valence-electron chi connectivity index (χ3n) is 5.58. The lowest BCUT2D eigenvalue weighted by molar-refractivity contribution is 0.0708. The number of amides is 1. The molecular formula is C19H25N3O3S2. The molecule has 2 atom stereocenters. The number of anilines is 1. The fraction of sp³-hybridized carbons (Fsp3) is 0.579. The Hall–Kier alpha value is -1.67. The van der Waals surface area contributed by atoms with Gasteiger partial charge >= 0.3 is 0 Å². The van der Waals surface area contributed by atoms with Crippen molar-refractivity contribution in [2.24, 2.45) is 10.8 Å². The van der Waals surface area contributed by atoms with Crippen molar-refractivity contribution in [3.05, 3.63) is 23.8 Å². The van der Waals surface area contributed by atoms with Crippen LogP contribution in [0.4, 0.5) is 5.13 Å². The first-order valence-corrected chi connectivity index (χ1v) is 11.8. The van der Waals surface area contributed by atoms with Crippen molar-refractivity contribution >= 4 is 42.6 Å². The van der Waals surface area contributed by atoms with E-state index in [1.165, 1.54) is 11.3 Å². The van der Waals surface area contributed by atoms with Gasteiger partial charge in [-0.05, 0) is 48.3 Å². The molecule has 2 aromatic rings. The summed E-state index contributed by atoms with van der Waals surface area (Å²) in [6, 6.07) is 5.72. The molecule has 1 aromatic heterocycles. The van der Waals surface area contributed by atoms with Gasteiger partial charge in [0, 0.05) is 18.2 Å². The molecule has 2 bridgehead atoms. The minimum absolute atomic E-state index is 0.0642. The van der Waals surface area contributed by atoms with E-state index in [1.54, 1.807) is 12.1 Å². The van der Waals surface area contributed by atoms with Crippen molar-refractivity contribution in [3.8, 4) is 0 Å². The van der Waals surface area contributed by atoms with Crippen LogP contribution in [0.25, 0.3) is 10.2 Å². The van der Waals surface area contributed by atoms with Crippen molar-refractivity contribution in [1.82, 2.24) is 9.88 Å². The molecule has 27 heavy (non-hydrogen) atoms. The van der Waals surface area contributed by atoms with Gasteiger partial charge in [0.05, 0.1) is 16.5 Å². The van der Waals surface area contributed by atoms with Gasteiger partial charge in [0.15, 0.2) is 5.13 Å². The van der Waals surface area contributed by atoms with Gasteiger partial charge in [-0.1, -0.05) is 32.1 Å². The number of fused-ring (bicyclic) bond motifs is 3. The Morgan fingerprint density at radius 3 is 2.74 bits per heavy atom. The summed E-state index contributed by atoms with van der Waals surface area (Å²) in [4.78, 5) is 19.6. The van der Waals surface area contributed by atoms with Crippen LogP contribution in [0.15, 0.2) is 18.2 Å².